The summed E-state index contributed by atoms with van der Waals surface area (Å²) in [5, 5.41) is 9.78. The fourth-order valence-corrected chi connectivity index (χ4v) is 2.42. The second-order valence-corrected chi connectivity index (χ2v) is 5.47. The van der Waals surface area contributed by atoms with Gasteiger partial charge < -0.3 is 14.4 Å². The van der Waals surface area contributed by atoms with Crippen LogP contribution >= 0.6 is 11.6 Å². The lowest BCUT2D eigenvalue weighted by Crippen LogP contribution is -2.52. The molecule has 0 saturated carbocycles. The van der Waals surface area contributed by atoms with Gasteiger partial charge in [-0.2, -0.15) is 0 Å². The zero-order valence-corrected chi connectivity index (χ0v) is 11.0. The molecule has 1 fully saturated rings. The van der Waals surface area contributed by atoms with Crippen LogP contribution in [0.5, 0.6) is 5.75 Å². The van der Waals surface area contributed by atoms with Gasteiger partial charge in [0.2, 0.25) is 0 Å². The van der Waals surface area contributed by atoms with E-state index in [9.17, 15) is 5.11 Å². The van der Waals surface area contributed by atoms with Gasteiger partial charge in [0, 0.05) is 16.6 Å². The Morgan fingerprint density at radius 1 is 1.47 bits per heavy atom. The van der Waals surface area contributed by atoms with Crippen molar-refractivity contribution in [2.45, 2.75) is 38.9 Å². The van der Waals surface area contributed by atoms with Crippen molar-refractivity contribution in [1.29, 1.82) is 0 Å². The minimum absolute atomic E-state index is 0.119. The lowest BCUT2D eigenvalue weighted by Gasteiger charge is -2.38. The average molecular weight is 255 g/mol. The fraction of sp³-hybridized carbons (Fsp3) is 0.500. The highest BCUT2D eigenvalue weighted by Crippen LogP contribution is 2.27. The fourth-order valence-electron chi connectivity index (χ4n) is 2.16. The van der Waals surface area contributed by atoms with Gasteiger partial charge in [-0.15, -0.1) is 0 Å². The number of aromatic hydroxyl groups is 1. The van der Waals surface area contributed by atoms with Gasteiger partial charge in [0.1, 0.15) is 5.75 Å². The van der Waals surface area contributed by atoms with Gasteiger partial charge >= 0.3 is 7.12 Å². The molecular weight excluding hydrogens is 238 g/mol. The Labute approximate surface area is 107 Å². The number of benzene rings is 1. The Bertz CT molecular complexity index is 422. The molecule has 17 heavy (non-hydrogen) atoms. The first-order valence-corrected chi connectivity index (χ1v) is 6.07. The highest BCUT2D eigenvalue weighted by molar-refractivity contribution is 6.65. The molecule has 1 aromatic rings. The normalized spacial score (nSPS) is 23.8. The highest BCUT2D eigenvalue weighted by Gasteiger charge is 2.39. The maximum Gasteiger partial charge on any atom is 0.495 e. The van der Waals surface area contributed by atoms with E-state index in [1.54, 1.807) is 12.1 Å². The van der Waals surface area contributed by atoms with Crippen LogP contribution in [-0.2, 0) is 9.31 Å². The first-order valence-electron chi connectivity index (χ1n) is 5.69. The summed E-state index contributed by atoms with van der Waals surface area (Å²) in [6, 6.07) is 4.81. The number of halogens is 1. The number of hydrogen-bond acceptors (Lipinski definition) is 3. The van der Waals surface area contributed by atoms with Gasteiger partial charge in [0.25, 0.3) is 0 Å². The molecule has 1 aliphatic heterocycles. The third-order valence-electron chi connectivity index (χ3n) is 2.80. The maximum absolute atomic E-state index is 9.32. The smallest absolute Gasteiger partial charge is 0.495 e. The predicted octanol–water partition coefficient (Wildman–Crippen LogP) is 2.34. The van der Waals surface area contributed by atoms with Crippen molar-refractivity contribution in [3.05, 3.63) is 23.2 Å². The molecule has 0 radical (unpaired) electrons. The predicted molar refractivity (Wildman–Crippen MR) is 68.8 cm³/mol. The van der Waals surface area contributed by atoms with Gasteiger partial charge in [-0.05, 0) is 39.3 Å². The van der Waals surface area contributed by atoms with Crippen LogP contribution in [0.3, 0.4) is 0 Å². The molecule has 3 nitrogen and oxygen atoms in total. The second-order valence-electron chi connectivity index (χ2n) is 5.07. The first kappa shape index (κ1) is 12.7. The molecule has 1 N–H and O–H groups in total. The molecule has 1 aliphatic rings. The third-order valence-corrected chi connectivity index (χ3v) is 3.13. The summed E-state index contributed by atoms with van der Waals surface area (Å²) in [7, 11) is -0.471. The summed E-state index contributed by atoms with van der Waals surface area (Å²) < 4.78 is 11.6. The van der Waals surface area contributed by atoms with E-state index in [-0.39, 0.29) is 17.5 Å². The summed E-state index contributed by atoms with van der Waals surface area (Å²) in [5.74, 6) is 0.141. The molecule has 0 amide bonds. The number of phenols is 1. The molecule has 2 rings (SSSR count). The molecular formula is C12H16BClO3. The summed E-state index contributed by atoms with van der Waals surface area (Å²) in [6.45, 7) is 6.09. The molecule has 0 bridgehead atoms. The van der Waals surface area contributed by atoms with Crippen LogP contribution in [0.25, 0.3) is 0 Å². The van der Waals surface area contributed by atoms with Crippen molar-refractivity contribution in [3.63, 3.8) is 0 Å². The molecule has 1 heterocycles. The highest BCUT2D eigenvalue weighted by atomic mass is 35.5. The van der Waals surface area contributed by atoms with Gasteiger partial charge in [-0.25, -0.2) is 0 Å². The van der Waals surface area contributed by atoms with Gasteiger partial charge in [0.05, 0.1) is 5.60 Å². The maximum atomic E-state index is 9.32. The number of hydrogen-bond donors (Lipinski definition) is 1. The molecule has 0 spiro atoms. The minimum Gasteiger partial charge on any atom is -0.508 e. The topological polar surface area (TPSA) is 38.7 Å². The monoisotopic (exact) mass is 254 g/mol. The first-order chi connectivity index (χ1) is 7.87. The van der Waals surface area contributed by atoms with E-state index in [2.05, 4.69) is 0 Å². The summed E-state index contributed by atoms with van der Waals surface area (Å²) >= 11 is 6.08. The van der Waals surface area contributed by atoms with E-state index in [0.29, 0.717) is 5.02 Å². The standard InChI is InChI=1S/C12H16BClO3/c1-8-7-12(2,3)17-13(16-8)10-5-4-9(15)6-11(10)14/h4-6,8,15H,7H2,1-3H3. The van der Waals surface area contributed by atoms with E-state index < -0.39 is 7.12 Å². The van der Waals surface area contributed by atoms with Crippen LogP contribution in [-0.4, -0.2) is 23.9 Å². The van der Waals surface area contributed by atoms with Crippen molar-refractivity contribution in [1.82, 2.24) is 0 Å². The lowest BCUT2D eigenvalue weighted by atomic mass is 9.75. The van der Waals surface area contributed by atoms with Crippen molar-refractivity contribution >= 4 is 24.2 Å². The number of rotatable bonds is 1. The van der Waals surface area contributed by atoms with E-state index in [0.717, 1.165) is 11.9 Å². The second kappa shape index (κ2) is 4.52. The van der Waals surface area contributed by atoms with Crippen LogP contribution in [0.4, 0.5) is 0 Å². The largest absolute Gasteiger partial charge is 0.508 e. The Morgan fingerprint density at radius 2 is 2.18 bits per heavy atom. The molecule has 0 aromatic heterocycles. The van der Waals surface area contributed by atoms with Crippen LogP contribution in [0.2, 0.25) is 5.02 Å². The van der Waals surface area contributed by atoms with E-state index in [1.807, 2.05) is 20.8 Å². The molecule has 1 atom stereocenters. The minimum atomic E-state index is -0.471. The molecule has 92 valence electrons. The quantitative estimate of drug-likeness (QED) is 0.782. The Morgan fingerprint density at radius 3 is 2.76 bits per heavy atom. The third kappa shape index (κ3) is 2.95. The van der Waals surface area contributed by atoms with Gasteiger partial charge in [-0.1, -0.05) is 17.7 Å². The molecule has 1 unspecified atom stereocenters. The van der Waals surface area contributed by atoms with Crippen LogP contribution in [0.15, 0.2) is 18.2 Å². The van der Waals surface area contributed by atoms with E-state index in [1.165, 1.54) is 6.07 Å². The zero-order chi connectivity index (χ0) is 12.6. The van der Waals surface area contributed by atoms with Crippen molar-refractivity contribution in [3.8, 4) is 5.75 Å². The zero-order valence-electron chi connectivity index (χ0n) is 10.2. The van der Waals surface area contributed by atoms with Crippen molar-refractivity contribution in [2.24, 2.45) is 0 Å². The van der Waals surface area contributed by atoms with Crippen LogP contribution in [0, 0.1) is 0 Å². The molecule has 1 aromatic carbocycles. The molecule has 0 aliphatic carbocycles. The van der Waals surface area contributed by atoms with Gasteiger partial charge in [-0.3, -0.25) is 0 Å². The molecule has 1 saturated heterocycles. The number of phenolic OH excluding ortho intramolecular Hbond substituents is 1. The van der Waals surface area contributed by atoms with E-state index >= 15 is 0 Å². The average Bonchev–Trinajstić information content (AvgIpc) is 2.13. The van der Waals surface area contributed by atoms with Crippen LogP contribution < -0.4 is 5.46 Å². The summed E-state index contributed by atoms with van der Waals surface area (Å²) in [5.41, 5.74) is 0.521. The Hall–Kier alpha value is -0.705. The van der Waals surface area contributed by atoms with Crippen LogP contribution in [0.1, 0.15) is 27.2 Å². The SMILES string of the molecule is CC1CC(C)(C)OB(c2ccc(O)cc2Cl)O1. The summed E-state index contributed by atoms with van der Waals surface area (Å²) in [4.78, 5) is 0. The van der Waals surface area contributed by atoms with E-state index in [4.69, 9.17) is 20.9 Å². The lowest BCUT2D eigenvalue weighted by molar-refractivity contribution is -0.0229. The van der Waals surface area contributed by atoms with Crippen molar-refractivity contribution < 1.29 is 14.4 Å². The Balaban J connectivity index is 2.27. The molecule has 5 heteroatoms. The van der Waals surface area contributed by atoms with Gasteiger partial charge in [0.15, 0.2) is 0 Å². The Kier molecular flexibility index (Phi) is 3.39. The van der Waals surface area contributed by atoms with Crippen molar-refractivity contribution in [2.75, 3.05) is 0 Å². The summed E-state index contributed by atoms with van der Waals surface area (Å²) in [6.07, 6.45) is 0.966.